The van der Waals surface area contributed by atoms with Gasteiger partial charge in [0, 0.05) is 12.1 Å². The number of rotatable bonds is 2. The van der Waals surface area contributed by atoms with Gasteiger partial charge in [0.15, 0.2) is 6.29 Å². The van der Waals surface area contributed by atoms with E-state index in [1.54, 1.807) is 0 Å². The summed E-state index contributed by atoms with van der Waals surface area (Å²) in [6, 6.07) is 9.25. The minimum Gasteiger partial charge on any atom is -0.347 e. The number of nitrogens with zero attached hydrogens (tertiary/aromatic N) is 1. The number of halogens is 1. The Morgan fingerprint density at radius 1 is 1.43 bits per heavy atom. The average Bonchev–Trinajstić information content (AvgIpc) is 2.62. The minimum absolute atomic E-state index is 0.469. The molecule has 3 nitrogen and oxygen atoms in total. The molecule has 0 bridgehead atoms. The monoisotopic (exact) mass is 211 g/mol. The van der Waals surface area contributed by atoms with Gasteiger partial charge >= 0.3 is 0 Å². The van der Waals surface area contributed by atoms with Crippen molar-refractivity contribution in [1.29, 1.82) is 0 Å². The van der Waals surface area contributed by atoms with E-state index < -0.39 is 5.72 Å². The molecular formula is C10H10ClNO2. The Labute approximate surface area is 87.3 Å². The molecule has 0 saturated carbocycles. The van der Waals surface area contributed by atoms with Crippen molar-refractivity contribution >= 4 is 18.1 Å². The summed E-state index contributed by atoms with van der Waals surface area (Å²) in [6.45, 7) is 1.02. The number of aldehydes is 1. The molecular weight excluding hydrogens is 202 g/mol. The fourth-order valence-electron chi connectivity index (χ4n) is 1.58. The molecule has 1 aliphatic heterocycles. The van der Waals surface area contributed by atoms with E-state index in [9.17, 15) is 4.79 Å². The Morgan fingerprint density at radius 2 is 2.14 bits per heavy atom. The Morgan fingerprint density at radius 3 is 2.64 bits per heavy atom. The van der Waals surface area contributed by atoms with Gasteiger partial charge in [-0.2, -0.15) is 4.42 Å². The molecule has 14 heavy (non-hydrogen) atoms. The van der Waals surface area contributed by atoms with Crippen molar-refractivity contribution in [2.45, 2.75) is 5.72 Å². The highest BCUT2D eigenvalue weighted by Crippen LogP contribution is 2.33. The summed E-state index contributed by atoms with van der Waals surface area (Å²) in [5, 5.41) is 0. The fraction of sp³-hybridized carbons (Fsp3) is 0.300. The highest BCUT2D eigenvalue weighted by molar-refractivity contribution is 6.15. The normalized spacial score (nSPS) is 27.8. The lowest BCUT2D eigenvalue weighted by Crippen LogP contribution is -2.38. The van der Waals surface area contributed by atoms with Gasteiger partial charge in [0.25, 0.3) is 0 Å². The van der Waals surface area contributed by atoms with Gasteiger partial charge in [0.1, 0.15) is 0 Å². The van der Waals surface area contributed by atoms with Crippen LogP contribution in [-0.4, -0.2) is 23.9 Å². The smallest absolute Gasteiger partial charge is 0.217 e. The lowest BCUT2D eigenvalue weighted by atomic mass is 10.1. The molecule has 1 unspecified atom stereocenters. The SMILES string of the molecule is O=CC1(c2ccccc2)OCCN1Cl. The third-order valence-corrected chi connectivity index (χ3v) is 2.74. The van der Waals surface area contributed by atoms with Crippen LogP contribution in [-0.2, 0) is 15.3 Å². The zero-order valence-corrected chi connectivity index (χ0v) is 8.28. The van der Waals surface area contributed by atoms with E-state index in [-0.39, 0.29) is 0 Å². The van der Waals surface area contributed by atoms with Crippen molar-refractivity contribution in [2.24, 2.45) is 0 Å². The van der Waals surface area contributed by atoms with Crippen LogP contribution in [0.2, 0.25) is 0 Å². The maximum Gasteiger partial charge on any atom is 0.217 e. The van der Waals surface area contributed by atoms with E-state index in [0.717, 1.165) is 11.8 Å². The van der Waals surface area contributed by atoms with Gasteiger partial charge in [-0.15, -0.1) is 0 Å². The van der Waals surface area contributed by atoms with Crippen molar-refractivity contribution in [3.8, 4) is 0 Å². The highest BCUT2D eigenvalue weighted by Gasteiger charge is 2.43. The lowest BCUT2D eigenvalue weighted by Gasteiger charge is -2.26. The molecule has 1 aromatic rings. The van der Waals surface area contributed by atoms with Crippen LogP contribution < -0.4 is 0 Å². The molecule has 2 rings (SSSR count). The first kappa shape index (κ1) is 9.65. The standard InChI is InChI=1S/C10H10ClNO2/c11-12-6-7-14-10(12,8-13)9-4-2-1-3-5-9/h1-5,8H,6-7H2. The molecule has 0 amide bonds. The van der Waals surface area contributed by atoms with E-state index >= 15 is 0 Å². The van der Waals surface area contributed by atoms with Crippen LogP contribution in [0, 0.1) is 0 Å². The van der Waals surface area contributed by atoms with Crippen LogP contribution in [0.15, 0.2) is 30.3 Å². The van der Waals surface area contributed by atoms with E-state index in [4.69, 9.17) is 16.5 Å². The van der Waals surface area contributed by atoms with Gasteiger partial charge < -0.3 is 4.74 Å². The largest absolute Gasteiger partial charge is 0.347 e. The predicted octanol–water partition coefficient (Wildman–Crippen LogP) is 1.52. The first-order valence-corrected chi connectivity index (χ1v) is 4.72. The molecule has 1 fully saturated rings. The van der Waals surface area contributed by atoms with Crippen LogP contribution in [0.4, 0.5) is 0 Å². The second kappa shape index (κ2) is 3.69. The number of ether oxygens (including phenoxy) is 1. The summed E-state index contributed by atoms with van der Waals surface area (Å²) in [7, 11) is 0. The van der Waals surface area contributed by atoms with E-state index in [0.29, 0.717) is 13.2 Å². The topological polar surface area (TPSA) is 29.5 Å². The Hall–Kier alpha value is -0.900. The Balaban J connectivity index is 2.43. The third kappa shape index (κ3) is 1.34. The first-order chi connectivity index (χ1) is 6.79. The summed E-state index contributed by atoms with van der Waals surface area (Å²) in [6.07, 6.45) is 0.738. The average molecular weight is 212 g/mol. The third-order valence-electron chi connectivity index (χ3n) is 2.32. The van der Waals surface area contributed by atoms with Gasteiger partial charge in [-0.1, -0.05) is 30.3 Å². The number of hydrogen-bond acceptors (Lipinski definition) is 3. The summed E-state index contributed by atoms with van der Waals surface area (Å²) < 4.78 is 6.81. The van der Waals surface area contributed by atoms with Crippen LogP contribution in [0.1, 0.15) is 5.56 Å². The zero-order valence-electron chi connectivity index (χ0n) is 7.52. The molecule has 0 radical (unpaired) electrons. The van der Waals surface area contributed by atoms with E-state index in [1.807, 2.05) is 30.3 Å². The molecule has 4 heteroatoms. The lowest BCUT2D eigenvalue weighted by molar-refractivity contribution is -0.135. The van der Waals surface area contributed by atoms with Crippen molar-refractivity contribution in [3.63, 3.8) is 0 Å². The van der Waals surface area contributed by atoms with Gasteiger partial charge in [-0.25, -0.2) is 0 Å². The molecule has 0 spiro atoms. The van der Waals surface area contributed by atoms with Crippen molar-refractivity contribution in [3.05, 3.63) is 35.9 Å². The van der Waals surface area contributed by atoms with Crippen molar-refractivity contribution in [1.82, 2.24) is 4.42 Å². The van der Waals surface area contributed by atoms with E-state index in [1.165, 1.54) is 4.42 Å². The summed E-state index contributed by atoms with van der Waals surface area (Å²) in [5.41, 5.74) is -0.328. The molecule has 0 aromatic heterocycles. The Kier molecular flexibility index (Phi) is 2.54. The maximum atomic E-state index is 11.1. The van der Waals surface area contributed by atoms with Gasteiger partial charge in [0.2, 0.25) is 5.72 Å². The quantitative estimate of drug-likeness (QED) is 0.549. The highest BCUT2D eigenvalue weighted by atomic mass is 35.5. The number of carbonyl (C=O) groups excluding carboxylic acids is 1. The maximum absolute atomic E-state index is 11.1. The van der Waals surface area contributed by atoms with Crippen LogP contribution in [0.5, 0.6) is 0 Å². The minimum atomic E-state index is -1.09. The predicted molar refractivity (Wildman–Crippen MR) is 52.7 cm³/mol. The van der Waals surface area contributed by atoms with Crippen molar-refractivity contribution in [2.75, 3.05) is 13.2 Å². The molecule has 1 aromatic carbocycles. The fourth-order valence-corrected chi connectivity index (χ4v) is 1.83. The number of carbonyl (C=O) groups is 1. The molecule has 1 aliphatic rings. The summed E-state index contributed by atoms with van der Waals surface area (Å²) in [5.74, 6) is 0. The Bertz CT molecular complexity index is 330. The van der Waals surface area contributed by atoms with Gasteiger partial charge in [0.05, 0.1) is 6.61 Å². The van der Waals surface area contributed by atoms with Crippen LogP contribution in [0.25, 0.3) is 0 Å². The molecule has 1 heterocycles. The number of benzene rings is 1. The van der Waals surface area contributed by atoms with Gasteiger partial charge in [-0.05, 0) is 11.8 Å². The first-order valence-electron chi connectivity index (χ1n) is 4.39. The molecule has 74 valence electrons. The van der Waals surface area contributed by atoms with Crippen molar-refractivity contribution < 1.29 is 9.53 Å². The van der Waals surface area contributed by atoms with E-state index in [2.05, 4.69) is 0 Å². The zero-order chi connectivity index (χ0) is 10.0. The summed E-state index contributed by atoms with van der Waals surface area (Å²) >= 11 is 5.95. The number of hydrogen-bond donors (Lipinski definition) is 0. The van der Waals surface area contributed by atoms with Crippen LogP contribution >= 0.6 is 11.8 Å². The molecule has 0 aliphatic carbocycles. The molecule has 1 saturated heterocycles. The molecule has 0 N–H and O–H groups in total. The molecule has 1 atom stereocenters. The van der Waals surface area contributed by atoms with Gasteiger partial charge in [-0.3, -0.25) is 4.79 Å². The van der Waals surface area contributed by atoms with Crippen LogP contribution in [0.3, 0.4) is 0 Å². The summed E-state index contributed by atoms with van der Waals surface area (Å²) in [4.78, 5) is 11.1. The second-order valence-corrected chi connectivity index (χ2v) is 3.52. The second-order valence-electron chi connectivity index (χ2n) is 3.11.